The maximum atomic E-state index is 12.4. The lowest BCUT2D eigenvalue weighted by molar-refractivity contribution is -0.118. The summed E-state index contributed by atoms with van der Waals surface area (Å²) in [6, 6.07) is 9.52. The predicted octanol–water partition coefficient (Wildman–Crippen LogP) is 4.58. The first-order valence-corrected chi connectivity index (χ1v) is 7.48. The van der Waals surface area contributed by atoms with Crippen molar-refractivity contribution >= 4 is 23.2 Å². The largest absolute Gasteiger partial charge is 0.482 e. The first-order valence-electron chi connectivity index (χ1n) is 7.10. The zero-order valence-electron chi connectivity index (χ0n) is 13.1. The van der Waals surface area contributed by atoms with Crippen molar-refractivity contribution in [3.8, 4) is 11.5 Å². The summed E-state index contributed by atoms with van der Waals surface area (Å²) < 4.78 is 34.5. The molecule has 0 spiro atoms. The van der Waals surface area contributed by atoms with Crippen LogP contribution in [0.5, 0.6) is 11.5 Å². The van der Waals surface area contributed by atoms with Crippen LogP contribution in [0.3, 0.4) is 0 Å². The average molecular weight is 356 g/mol. The molecule has 0 aromatic heterocycles. The molecule has 4 nitrogen and oxygen atoms in total. The average Bonchev–Trinajstić information content (AvgIpc) is 2.47. The Bertz CT molecular complexity index is 715. The molecule has 0 aliphatic carbocycles. The van der Waals surface area contributed by atoms with Crippen molar-refractivity contribution in [1.29, 1.82) is 0 Å². The van der Waals surface area contributed by atoms with Crippen molar-refractivity contribution in [2.24, 2.45) is 0 Å². The van der Waals surface area contributed by atoms with Gasteiger partial charge in [0.2, 0.25) is 0 Å². The third-order valence-corrected chi connectivity index (χ3v) is 3.38. The lowest BCUT2D eigenvalue weighted by atomic mass is 10.1. The highest BCUT2D eigenvalue weighted by molar-refractivity contribution is 6.32. The summed E-state index contributed by atoms with van der Waals surface area (Å²) >= 11 is 6.10. The van der Waals surface area contributed by atoms with Crippen LogP contribution < -0.4 is 14.8 Å². The maximum Gasteiger partial charge on any atom is 0.387 e. The summed E-state index contributed by atoms with van der Waals surface area (Å²) in [6.45, 7) is 0.424. The van der Waals surface area contributed by atoms with Gasteiger partial charge in [-0.05, 0) is 43.2 Å². The van der Waals surface area contributed by atoms with Gasteiger partial charge >= 0.3 is 6.61 Å². The molecule has 0 saturated carbocycles. The molecule has 24 heavy (non-hydrogen) atoms. The number of carbonyl (C=O) groups is 1. The molecule has 0 radical (unpaired) electrons. The maximum absolute atomic E-state index is 12.4. The Morgan fingerprint density at radius 1 is 1.25 bits per heavy atom. The van der Waals surface area contributed by atoms with Crippen molar-refractivity contribution in [2.45, 2.75) is 20.5 Å². The number of halogens is 3. The monoisotopic (exact) mass is 355 g/mol. The number of carbonyl (C=O) groups excluding carboxylic acids is 1. The molecule has 1 amide bonds. The predicted molar refractivity (Wildman–Crippen MR) is 88.1 cm³/mol. The van der Waals surface area contributed by atoms with Crippen molar-refractivity contribution in [1.82, 2.24) is 0 Å². The Hall–Kier alpha value is -2.34. The van der Waals surface area contributed by atoms with Crippen molar-refractivity contribution in [3.63, 3.8) is 0 Å². The van der Waals surface area contributed by atoms with Crippen LogP contribution in [0.25, 0.3) is 0 Å². The minimum atomic E-state index is -2.98. The van der Waals surface area contributed by atoms with E-state index >= 15 is 0 Å². The van der Waals surface area contributed by atoms with E-state index in [0.717, 1.165) is 11.1 Å². The highest BCUT2D eigenvalue weighted by Crippen LogP contribution is 2.30. The van der Waals surface area contributed by atoms with E-state index in [4.69, 9.17) is 16.3 Å². The number of benzene rings is 2. The van der Waals surface area contributed by atoms with Crippen LogP contribution in [-0.2, 0) is 4.79 Å². The molecule has 0 aliphatic heterocycles. The molecule has 2 rings (SSSR count). The zero-order chi connectivity index (χ0) is 17.7. The number of alkyl halides is 2. The van der Waals surface area contributed by atoms with Crippen LogP contribution in [0.15, 0.2) is 36.4 Å². The van der Waals surface area contributed by atoms with E-state index in [1.54, 1.807) is 12.1 Å². The second-order valence-electron chi connectivity index (χ2n) is 5.10. The summed E-state index contributed by atoms with van der Waals surface area (Å²) in [7, 11) is 0. The second-order valence-corrected chi connectivity index (χ2v) is 5.51. The number of rotatable bonds is 6. The minimum Gasteiger partial charge on any atom is -0.482 e. The van der Waals surface area contributed by atoms with Gasteiger partial charge in [-0.25, -0.2) is 0 Å². The van der Waals surface area contributed by atoms with E-state index in [2.05, 4.69) is 10.1 Å². The van der Waals surface area contributed by atoms with Gasteiger partial charge in [0.25, 0.3) is 5.91 Å². The first-order chi connectivity index (χ1) is 11.4. The fraction of sp³-hybridized carbons (Fsp3) is 0.235. The molecule has 1 N–H and O–H groups in total. The molecule has 0 fully saturated rings. The Labute approximate surface area is 143 Å². The van der Waals surface area contributed by atoms with Crippen LogP contribution >= 0.6 is 11.6 Å². The van der Waals surface area contributed by atoms with E-state index in [1.165, 1.54) is 18.2 Å². The fourth-order valence-corrected chi connectivity index (χ4v) is 2.55. The number of aryl methyl sites for hydroxylation is 2. The van der Waals surface area contributed by atoms with Crippen LogP contribution in [-0.4, -0.2) is 19.1 Å². The SMILES string of the molecule is Cc1cc(C)c(OCC(=O)Nc2ccccc2OC(F)F)c(Cl)c1. The van der Waals surface area contributed by atoms with Gasteiger partial charge < -0.3 is 14.8 Å². The molecular formula is C17H16ClF2NO3. The summed E-state index contributed by atoms with van der Waals surface area (Å²) in [4.78, 5) is 12.0. The van der Waals surface area contributed by atoms with E-state index in [0.29, 0.717) is 10.8 Å². The second kappa shape index (κ2) is 7.97. The lowest BCUT2D eigenvalue weighted by Crippen LogP contribution is -2.21. The van der Waals surface area contributed by atoms with Crippen LogP contribution in [0, 0.1) is 13.8 Å². The van der Waals surface area contributed by atoms with E-state index in [1.807, 2.05) is 19.9 Å². The van der Waals surface area contributed by atoms with Crippen molar-refractivity contribution in [3.05, 3.63) is 52.5 Å². The van der Waals surface area contributed by atoms with Gasteiger partial charge in [-0.3, -0.25) is 4.79 Å². The third kappa shape index (κ3) is 4.83. The standard InChI is InChI=1S/C17H16ClF2NO3/c1-10-7-11(2)16(12(18)8-10)23-9-15(22)21-13-5-3-4-6-14(13)24-17(19)20/h3-8,17H,9H2,1-2H3,(H,21,22). The Balaban J connectivity index is 2.02. The lowest BCUT2D eigenvalue weighted by Gasteiger charge is -2.14. The van der Waals surface area contributed by atoms with Crippen molar-refractivity contribution < 1.29 is 23.0 Å². The number of amides is 1. The van der Waals surface area contributed by atoms with E-state index < -0.39 is 12.5 Å². The molecular weight excluding hydrogens is 340 g/mol. The summed E-state index contributed by atoms with van der Waals surface area (Å²) in [5.74, 6) is -0.226. The zero-order valence-corrected chi connectivity index (χ0v) is 13.9. The first kappa shape index (κ1) is 18.0. The van der Waals surface area contributed by atoms with E-state index in [9.17, 15) is 13.6 Å². The quantitative estimate of drug-likeness (QED) is 0.825. The van der Waals surface area contributed by atoms with Crippen LogP contribution in [0.1, 0.15) is 11.1 Å². The van der Waals surface area contributed by atoms with Gasteiger partial charge in [-0.2, -0.15) is 8.78 Å². The summed E-state index contributed by atoms with van der Waals surface area (Å²) in [6.07, 6.45) is 0. The Morgan fingerprint density at radius 2 is 1.96 bits per heavy atom. The summed E-state index contributed by atoms with van der Waals surface area (Å²) in [5.41, 5.74) is 1.92. The molecule has 2 aromatic carbocycles. The van der Waals surface area contributed by atoms with Crippen LogP contribution in [0.4, 0.5) is 14.5 Å². The van der Waals surface area contributed by atoms with Gasteiger partial charge in [0.05, 0.1) is 10.7 Å². The Morgan fingerprint density at radius 3 is 2.62 bits per heavy atom. The van der Waals surface area contributed by atoms with E-state index in [-0.39, 0.29) is 18.0 Å². The molecule has 2 aromatic rings. The third-order valence-electron chi connectivity index (χ3n) is 3.10. The van der Waals surface area contributed by atoms with Gasteiger partial charge in [-0.15, -0.1) is 0 Å². The number of ether oxygens (including phenoxy) is 2. The van der Waals surface area contributed by atoms with Gasteiger partial charge in [0.15, 0.2) is 6.61 Å². The molecule has 0 unspecified atom stereocenters. The molecule has 0 heterocycles. The van der Waals surface area contributed by atoms with Crippen LogP contribution in [0.2, 0.25) is 5.02 Å². The van der Waals surface area contributed by atoms with Gasteiger partial charge in [0.1, 0.15) is 11.5 Å². The van der Waals surface area contributed by atoms with Crippen molar-refractivity contribution in [2.75, 3.05) is 11.9 Å². The number of anilines is 1. The minimum absolute atomic E-state index is 0.120. The van der Waals surface area contributed by atoms with Gasteiger partial charge in [-0.1, -0.05) is 29.8 Å². The highest BCUT2D eigenvalue weighted by atomic mass is 35.5. The fourth-order valence-electron chi connectivity index (χ4n) is 2.18. The molecule has 7 heteroatoms. The molecule has 0 bridgehead atoms. The molecule has 0 saturated heterocycles. The smallest absolute Gasteiger partial charge is 0.387 e. The number of hydrogen-bond donors (Lipinski definition) is 1. The number of nitrogens with one attached hydrogen (secondary N) is 1. The number of para-hydroxylation sites is 2. The van der Waals surface area contributed by atoms with Gasteiger partial charge in [0, 0.05) is 0 Å². The molecule has 128 valence electrons. The topological polar surface area (TPSA) is 47.6 Å². The summed E-state index contributed by atoms with van der Waals surface area (Å²) in [5, 5.41) is 2.88. The number of hydrogen-bond acceptors (Lipinski definition) is 3. The normalized spacial score (nSPS) is 10.6. The molecule has 0 atom stereocenters. The molecule has 0 aliphatic rings. The Kier molecular flexibility index (Phi) is 5.98. The highest BCUT2D eigenvalue weighted by Gasteiger charge is 2.13.